The van der Waals surface area contributed by atoms with Gasteiger partial charge in [-0.25, -0.2) is 0 Å². The van der Waals surface area contributed by atoms with Crippen molar-refractivity contribution < 1.29 is 0 Å². The lowest BCUT2D eigenvalue weighted by Crippen LogP contribution is -1.85. The average Bonchev–Trinajstić information content (AvgIpc) is 2.34. The largest absolute Gasteiger partial charge is 0.261 e. The Kier molecular flexibility index (Phi) is 1.64. The van der Waals surface area contributed by atoms with Crippen molar-refractivity contribution in [2.75, 3.05) is 0 Å². The second-order valence-electron chi connectivity index (χ2n) is 2.55. The highest BCUT2D eigenvalue weighted by atomic mass is 127. The molecule has 0 saturated carbocycles. The first-order valence-corrected chi connectivity index (χ1v) is 4.70. The van der Waals surface area contributed by atoms with E-state index < -0.39 is 0 Å². The molecule has 0 aliphatic heterocycles. The Morgan fingerprint density at radius 2 is 2.50 bits per heavy atom. The zero-order valence-corrected chi connectivity index (χ0v) is 7.71. The molecule has 0 saturated heterocycles. The fourth-order valence-corrected chi connectivity index (χ4v) is 2.24. The molecule has 0 radical (unpaired) electrons. The van der Waals surface area contributed by atoms with E-state index in [0.717, 1.165) is 0 Å². The molecule has 52 valence electrons. The number of rotatable bonds is 0. The summed E-state index contributed by atoms with van der Waals surface area (Å²) in [5.74, 6) is 0. The van der Waals surface area contributed by atoms with Crippen LogP contribution in [0.2, 0.25) is 0 Å². The fourth-order valence-electron chi connectivity index (χ4n) is 1.36. The Labute approximate surface area is 74.0 Å². The van der Waals surface area contributed by atoms with E-state index in [0.29, 0.717) is 3.92 Å². The Hall–Kier alpha value is -0.120. The molecule has 0 aromatic carbocycles. The lowest BCUT2D eigenvalue weighted by Gasteiger charge is -1.98. The number of pyridine rings is 1. The van der Waals surface area contributed by atoms with Gasteiger partial charge in [-0.15, -0.1) is 0 Å². The Balaban J connectivity index is 2.51. The van der Waals surface area contributed by atoms with Crippen molar-refractivity contribution in [3.05, 3.63) is 29.6 Å². The molecule has 0 spiro atoms. The summed E-state index contributed by atoms with van der Waals surface area (Å²) in [6, 6.07) is 4.21. The minimum Gasteiger partial charge on any atom is -0.261 e. The standard InChI is InChI=1S/C8H8IN/c9-7-3-4-8-6(7)2-1-5-10-8/h1-2,5,7H,3-4H2. The molecule has 1 unspecified atom stereocenters. The van der Waals surface area contributed by atoms with Gasteiger partial charge in [0.2, 0.25) is 0 Å². The molecular formula is C8H8IN. The number of halogens is 1. The number of aryl methyl sites for hydroxylation is 1. The highest BCUT2D eigenvalue weighted by Gasteiger charge is 2.19. The van der Waals surface area contributed by atoms with Gasteiger partial charge in [-0.2, -0.15) is 0 Å². The predicted octanol–water partition coefficient (Wildman–Crippen LogP) is 2.50. The van der Waals surface area contributed by atoms with Gasteiger partial charge >= 0.3 is 0 Å². The number of aromatic nitrogens is 1. The quantitative estimate of drug-likeness (QED) is 0.505. The van der Waals surface area contributed by atoms with Crippen LogP contribution in [-0.2, 0) is 6.42 Å². The highest BCUT2D eigenvalue weighted by Crippen LogP contribution is 2.36. The van der Waals surface area contributed by atoms with Crippen molar-refractivity contribution in [3.63, 3.8) is 0 Å². The van der Waals surface area contributed by atoms with Gasteiger partial charge in [0, 0.05) is 15.8 Å². The number of fused-ring (bicyclic) bond motifs is 1. The molecule has 1 aliphatic rings. The molecule has 0 bridgehead atoms. The van der Waals surface area contributed by atoms with Crippen LogP contribution in [0.25, 0.3) is 0 Å². The molecule has 2 heteroatoms. The maximum Gasteiger partial charge on any atom is 0.0446 e. The molecule has 0 fully saturated rings. The van der Waals surface area contributed by atoms with Gasteiger partial charge in [-0.05, 0) is 24.5 Å². The summed E-state index contributed by atoms with van der Waals surface area (Å²) in [6.45, 7) is 0. The van der Waals surface area contributed by atoms with Crippen LogP contribution in [0, 0.1) is 0 Å². The normalized spacial score (nSPS) is 22.7. The van der Waals surface area contributed by atoms with E-state index in [9.17, 15) is 0 Å². The van der Waals surface area contributed by atoms with Gasteiger partial charge in [-0.3, -0.25) is 4.98 Å². The molecule has 1 aromatic rings. The average molecular weight is 245 g/mol. The minimum absolute atomic E-state index is 0.710. The third-order valence-electron chi connectivity index (χ3n) is 1.90. The van der Waals surface area contributed by atoms with Crippen molar-refractivity contribution in [3.8, 4) is 0 Å². The third kappa shape index (κ3) is 0.944. The van der Waals surface area contributed by atoms with Crippen LogP contribution in [0.15, 0.2) is 18.3 Å². The summed E-state index contributed by atoms with van der Waals surface area (Å²) < 4.78 is 0.710. The Morgan fingerprint density at radius 3 is 3.30 bits per heavy atom. The van der Waals surface area contributed by atoms with E-state index in [4.69, 9.17) is 0 Å². The second-order valence-corrected chi connectivity index (χ2v) is 4.05. The van der Waals surface area contributed by atoms with E-state index >= 15 is 0 Å². The van der Waals surface area contributed by atoms with Crippen LogP contribution in [0.3, 0.4) is 0 Å². The first-order chi connectivity index (χ1) is 4.88. The first-order valence-electron chi connectivity index (χ1n) is 3.46. The number of hydrogen-bond donors (Lipinski definition) is 0. The lowest BCUT2D eigenvalue weighted by molar-refractivity contribution is 0.903. The smallest absolute Gasteiger partial charge is 0.0446 e. The molecule has 0 amide bonds. The number of nitrogens with zero attached hydrogens (tertiary/aromatic N) is 1. The molecule has 1 atom stereocenters. The summed E-state index contributed by atoms with van der Waals surface area (Å²) in [7, 11) is 0. The molecule has 2 rings (SSSR count). The third-order valence-corrected chi connectivity index (χ3v) is 3.19. The summed E-state index contributed by atoms with van der Waals surface area (Å²) in [5.41, 5.74) is 2.75. The summed E-state index contributed by atoms with van der Waals surface area (Å²) in [5, 5.41) is 0. The van der Waals surface area contributed by atoms with Crippen LogP contribution in [0.5, 0.6) is 0 Å². The van der Waals surface area contributed by atoms with Crippen LogP contribution in [-0.4, -0.2) is 4.98 Å². The summed E-state index contributed by atoms with van der Waals surface area (Å²) in [4.78, 5) is 4.30. The van der Waals surface area contributed by atoms with Gasteiger partial charge in [-0.1, -0.05) is 28.7 Å². The molecular weight excluding hydrogens is 237 g/mol. The molecule has 1 nitrogen and oxygen atoms in total. The van der Waals surface area contributed by atoms with Gasteiger partial charge in [0.15, 0.2) is 0 Å². The molecule has 0 N–H and O–H groups in total. The van der Waals surface area contributed by atoms with Crippen LogP contribution in [0.4, 0.5) is 0 Å². The van der Waals surface area contributed by atoms with Crippen molar-refractivity contribution in [2.45, 2.75) is 16.8 Å². The topological polar surface area (TPSA) is 12.9 Å². The summed E-state index contributed by atoms with van der Waals surface area (Å²) >= 11 is 2.48. The van der Waals surface area contributed by atoms with Crippen molar-refractivity contribution in [1.29, 1.82) is 0 Å². The van der Waals surface area contributed by atoms with E-state index in [1.165, 1.54) is 24.1 Å². The van der Waals surface area contributed by atoms with Crippen molar-refractivity contribution in [2.24, 2.45) is 0 Å². The fraction of sp³-hybridized carbons (Fsp3) is 0.375. The van der Waals surface area contributed by atoms with E-state index in [-0.39, 0.29) is 0 Å². The zero-order chi connectivity index (χ0) is 6.97. The van der Waals surface area contributed by atoms with Gasteiger partial charge in [0.1, 0.15) is 0 Å². The van der Waals surface area contributed by atoms with Crippen molar-refractivity contribution >= 4 is 22.6 Å². The van der Waals surface area contributed by atoms with E-state index in [1.807, 2.05) is 12.3 Å². The molecule has 1 aliphatic carbocycles. The zero-order valence-electron chi connectivity index (χ0n) is 5.55. The van der Waals surface area contributed by atoms with E-state index in [2.05, 4.69) is 33.6 Å². The predicted molar refractivity (Wildman–Crippen MR) is 49.3 cm³/mol. The minimum atomic E-state index is 0.710. The van der Waals surface area contributed by atoms with Crippen molar-refractivity contribution in [1.82, 2.24) is 4.98 Å². The SMILES string of the molecule is IC1CCc2ncccc21. The van der Waals surface area contributed by atoms with E-state index in [1.54, 1.807) is 0 Å². The highest BCUT2D eigenvalue weighted by molar-refractivity contribution is 14.1. The van der Waals surface area contributed by atoms with Crippen LogP contribution >= 0.6 is 22.6 Å². The Morgan fingerprint density at radius 1 is 1.60 bits per heavy atom. The van der Waals surface area contributed by atoms with Gasteiger partial charge in [0.25, 0.3) is 0 Å². The van der Waals surface area contributed by atoms with Crippen LogP contribution < -0.4 is 0 Å². The number of alkyl halides is 1. The second kappa shape index (κ2) is 2.49. The van der Waals surface area contributed by atoms with Gasteiger partial charge in [0.05, 0.1) is 0 Å². The maximum atomic E-state index is 4.30. The maximum absolute atomic E-state index is 4.30. The molecule has 1 aromatic heterocycles. The molecule has 1 heterocycles. The first kappa shape index (κ1) is 6.58. The summed E-state index contributed by atoms with van der Waals surface area (Å²) in [6.07, 6.45) is 4.32. The van der Waals surface area contributed by atoms with Crippen LogP contribution in [0.1, 0.15) is 21.6 Å². The van der Waals surface area contributed by atoms with Gasteiger partial charge < -0.3 is 0 Å². The molecule has 10 heavy (non-hydrogen) atoms. The number of hydrogen-bond acceptors (Lipinski definition) is 1. The Bertz CT molecular complexity index is 247. The monoisotopic (exact) mass is 245 g/mol. The lowest BCUT2D eigenvalue weighted by atomic mass is 10.2.